The van der Waals surface area contributed by atoms with Gasteiger partial charge in [0.1, 0.15) is 0 Å². The van der Waals surface area contributed by atoms with E-state index in [9.17, 15) is 4.79 Å². The lowest BCUT2D eigenvalue weighted by Crippen LogP contribution is -2.04. The lowest BCUT2D eigenvalue weighted by atomic mass is 10.3. The number of ether oxygens (including phenoxy) is 1. The highest BCUT2D eigenvalue weighted by Crippen LogP contribution is 2.19. The fraction of sp³-hybridized carbons (Fsp3) is 0.333. The SMILES string of the molecule is Cc1cc(C(=O)O)nc(Oc2cnn(C(C)C)c2)n1. The van der Waals surface area contributed by atoms with Crippen LogP contribution >= 0.6 is 0 Å². The van der Waals surface area contributed by atoms with Crippen LogP contribution in [-0.2, 0) is 0 Å². The van der Waals surface area contributed by atoms with Gasteiger partial charge in [0.05, 0.1) is 12.4 Å². The second-order valence-corrected chi connectivity index (χ2v) is 4.33. The molecule has 2 rings (SSSR count). The van der Waals surface area contributed by atoms with Crippen LogP contribution in [0.5, 0.6) is 11.8 Å². The maximum Gasteiger partial charge on any atom is 0.354 e. The summed E-state index contributed by atoms with van der Waals surface area (Å²) in [5.41, 5.74) is 0.428. The maximum absolute atomic E-state index is 10.9. The summed E-state index contributed by atoms with van der Waals surface area (Å²) >= 11 is 0. The van der Waals surface area contributed by atoms with Crippen molar-refractivity contribution in [2.24, 2.45) is 0 Å². The molecule has 7 nitrogen and oxygen atoms in total. The Kier molecular flexibility index (Phi) is 3.46. The molecular weight excluding hydrogens is 248 g/mol. The van der Waals surface area contributed by atoms with Crippen LogP contribution < -0.4 is 4.74 Å². The first kappa shape index (κ1) is 13.0. The van der Waals surface area contributed by atoms with Gasteiger partial charge in [0.15, 0.2) is 11.4 Å². The number of hydrogen-bond donors (Lipinski definition) is 1. The molecule has 0 saturated heterocycles. The minimum absolute atomic E-state index is 0.000654. The van der Waals surface area contributed by atoms with Gasteiger partial charge in [0.25, 0.3) is 0 Å². The van der Waals surface area contributed by atoms with Crippen LogP contribution in [0.15, 0.2) is 18.5 Å². The normalized spacial score (nSPS) is 10.7. The van der Waals surface area contributed by atoms with Crippen molar-refractivity contribution in [1.82, 2.24) is 19.7 Å². The number of aromatic carboxylic acids is 1. The molecule has 0 saturated carbocycles. The van der Waals surface area contributed by atoms with Crippen molar-refractivity contribution in [3.05, 3.63) is 29.8 Å². The Morgan fingerprint density at radius 3 is 2.74 bits per heavy atom. The highest BCUT2D eigenvalue weighted by molar-refractivity contribution is 5.85. The number of aromatic nitrogens is 4. The molecule has 2 aromatic heterocycles. The van der Waals surface area contributed by atoms with Gasteiger partial charge in [0, 0.05) is 11.7 Å². The zero-order chi connectivity index (χ0) is 14.0. The maximum atomic E-state index is 10.9. The van der Waals surface area contributed by atoms with Gasteiger partial charge < -0.3 is 9.84 Å². The molecule has 2 aromatic rings. The second-order valence-electron chi connectivity index (χ2n) is 4.33. The third-order valence-electron chi connectivity index (χ3n) is 2.37. The fourth-order valence-electron chi connectivity index (χ4n) is 1.46. The molecule has 0 unspecified atom stereocenters. The van der Waals surface area contributed by atoms with Crippen LogP contribution in [0.2, 0.25) is 0 Å². The van der Waals surface area contributed by atoms with E-state index >= 15 is 0 Å². The molecule has 0 aromatic carbocycles. The van der Waals surface area contributed by atoms with Gasteiger partial charge in [-0.15, -0.1) is 0 Å². The highest BCUT2D eigenvalue weighted by Gasteiger charge is 2.11. The molecule has 0 aliphatic carbocycles. The summed E-state index contributed by atoms with van der Waals surface area (Å²) < 4.78 is 7.14. The molecule has 0 bridgehead atoms. The van der Waals surface area contributed by atoms with Gasteiger partial charge in [-0.2, -0.15) is 10.1 Å². The van der Waals surface area contributed by atoms with Crippen molar-refractivity contribution in [3.63, 3.8) is 0 Å². The number of aryl methyl sites for hydroxylation is 1. The lowest BCUT2D eigenvalue weighted by Gasteiger charge is -2.04. The largest absolute Gasteiger partial charge is 0.477 e. The molecule has 1 N–H and O–H groups in total. The fourth-order valence-corrected chi connectivity index (χ4v) is 1.46. The number of nitrogens with zero attached hydrogens (tertiary/aromatic N) is 4. The van der Waals surface area contributed by atoms with Crippen molar-refractivity contribution < 1.29 is 14.6 Å². The average Bonchev–Trinajstić information content (AvgIpc) is 2.76. The van der Waals surface area contributed by atoms with Crippen molar-refractivity contribution in [3.8, 4) is 11.8 Å². The van der Waals surface area contributed by atoms with Gasteiger partial charge in [-0.25, -0.2) is 9.78 Å². The summed E-state index contributed by atoms with van der Waals surface area (Å²) in [5.74, 6) is -0.649. The first-order chi connectivity index (χ1) is 8.95. The Labute approximate surface area is 109 Å². The van der Waals surface area contributed by atoms with Crippen LogP contribution in [0.1, 0.15) is 36.1 Å². The van der Waals surface area contributed by atoms with E-state index in [2.05, 4.69) is 15.1 Å². The molecule has 0 atom stereocenters. The Bertz CT molecular complexity index is 607. The van der Waals surface area contributed by atoms with Crippen molar-refractivity contribution in [2.45, 2.75) is 26.8 Å². The van der Waals surface area contributed by atoms with Crippen molar-refractivity contribution in [1.29, 1.82) is 0 Å². The van der Waals surface area contributed by atoms with Crippen LogP contribution in [0.4, 0.5) is 0 Å². The summed E-state index contributed by atoms with van der Waals surface area (Å²) in [7, 11) is 0. The number of rotatable bonds is 4. The Morgan fingerprint density at radius 2 is 2.16 bits per heavy atom. The van der Waals surface area contributed by atoms with Crippen LogP contribution in [0, 0.1) is 6.92 Å². The zero-order valence-electron chi connectivity index (χ0n) is 10.9. The highest BCUT2D eigenvalue weighted by atomic mass is 16.5. The molecule has 0 aliphatic rings. The van der Waals surface area contributed by atoms with Gasteiger partial charge in [-0.1, -0.05) is 0 Å². The lowest BCUT2D eigenvalue weighted by molar-refractivity contribution is 0.0689. The first-order valence-electron chi connectivity index (χ1n) is 5.76. The van der Waals surface area contributed by atoms with E-state index < -0.39 is 5.97 Å². The minimum atomic E-state index is -1.12. The number of carboxylic acids is 1. The Balaban J connectivity index is 2.24. The summed E-state index contributed by atoms with van der Waals surface area (Å²) in [4.78, 5) is 18.7. The van der Waals surface area contributed by atoms with Crippen LogP contribution in [-0.4, -0.2) is 30.8 Å². The molecule has 0 aliphatic heterocycles. The van der Waals surface area contributed by atoms with E-state index in [1.165, 1.54) is 12.3 Å². The third-order valence-corrected chi connectivity index (χ3v) is 2.37. The number of carboxylic acid groups (broad SMARTS) is 1. The third kappa shape index (κ3) is 3.06. The van der Waals surface area contributed by atoms with E-state index in [-0.39, 0.29) is 17.7 Å². The topological polar surface area (TPSA) is 90.1 Å². The van der Waals surface area contributed by atoms with Crippen LogP contribution in [0.25, 0.3) is 0 Å². The van der Waals surface area contributed by atoms with Gasteiger partial charge in [-0.3, -0.25) is 4.68 Å². The predicted molar refractivity (Wildman–Crippen MR) is 66.4 cm³/mol. The van der Waals surface area contributed by atoms with E-state index in [1.807, 2.05) is 13.8 Å². The second kappa shape index (κ2) is 5.05. The van der Waals surface area contributed by atoms with Crippen LogP contribution in [0.3, 0.4) is 0 Å². The van der Waals surface area contributed by atoms with Gasteiger partial charge >= 0.3 is 12.0 Å². The summed E-state index contributed by atoms with van der Waals surface area (Å²) in [5, 5.41) is 13.0. The number of carbonyl (C=O) groups is 1. The average molecular weight is 262 g/mol. The number of hydrogen-bond acceptors (Lipinski definition) is 5. The molecule has 0 fully saturated rings. The van der Waals surface area contributed by atoms with E-state index in [0.717, 1.165) is 0 Å². The molecule has 0 amide bonds. The summed E-state index contributed by atoms with van der Waals surface area (Å²) in [6.07, 6.45) is 3.24. The molecule has 19 heavy (non-hydrogen) atoms. The molecular formula is C12H14N4O3. The molecule has 0 spiro atoms. The first-order valence-corrected chi connectivity index (χ1v) is 5.76. The van der Waals surface area contributed by atoms with Crippen molar-refractivity contribution in [2.75, 3.05) is 0 Å². The summed E-state index contributed by atoms with van der Waals surface area (Å²) in [6, 6.07) is 1.60. The quantitative estimate of drug-likeness (QED) is 0.906. The van der Waals surface area contributed by atoms with E-state index in [1.54, 1.807) is 17.8 Å². The van der Waals surface area contributed by atoms with E-state index in [0.29, 0.717) is 11.4 Å². The molecule has 2 heterocycles. The monoisotopic (exact) mass is 262 g/mol. The molecule has 100 valence electrons. The Morgan fingerprint density at radius 1 is 1.42 bits per heavy atom. The van der Waals surface area contributed by atoms with Gasteiger partial charge in [-0.05, 0) is 26.8 Å². The molecule has 7 heteroatoms. The Hall–Kier alpha value is -2.44. The van der Waals surface area contributed by atoms with Crippen molar-refractivity contribution >= 4 is 5.97 Å². The molecule has 0 radical (unpaired) electrons. The standard InChI is InChI=1S/C12H14N4O3/c1-7(2)16-6-9(5-13-16)19-12-14-8(3)4-10(15-12)11(17)18/h4-7H,1-3H3,(H,17,18). The predicted octanol–water partition coefficient (Wildman–Crippen LogP) is 2.05. The zero-order valence-corrected chi connectivity index (χ0v) is 10.9. The summed E-state index contributed by atoms with van der Waals surface area (Å²) in [6.45, 7) is 5.66. The van der Waals surface area contributed by atoms with Gasteiger partial charge in [0.2, 0.25) is 0 Å². The van der Waals surface area contributed by atoms with E-state index in [4.69, 9.17) is 9.84 Å². The minimum Gasteiger partial charge on any atom is -0.477 e. The smallest absolute Gasteiger partial charge is 0.354 e.